The third-order valence-corrected chi connectivity index (χ3v) is 12.4. The zero-order valence-electron chi connectivity index (χ0n) is 29.2. The van der Waals surface area contributed by atoms with E-state index < -0.39 is 67.1 Å². The first-order valence-corrected chi connectivity index (χ1v) is 19.7. The van der Waals surface area contributed by atoms with Crippen molar-refractivity contribution in [3.8, 4) is 16.9 Å². The van der Waals surface area contributed by atoms with Crippen LogP contribution in [0.5, 0.6) is 5.75 Å². The molecule has 55 heavy (non-hydrogen) atoms. The number of ether oxygens (including phenoxy) is 1. The minimum absolute atomic E-state index is 0.0182. The molecule has 1 amide bonds. The van der Waals surface area contributed by atoms with E-state index in [9.17, 15) is 31.2 Å². The second kappa shape index (κ2) is 15.0. The summed E-state index contributed by atoms with van der Waals surface area (Å²) in [5.74, 6) is -8.68. The van der Waals surface area contributed by atoms with Crippen LogP contribution in [-0.2, 0) is 30.4 Å². The minimum atomic E-state index is -5.83. The molecule has 3 aliphatic rings. The molecule has 2 aliphatic heterocycles. The normalized spacial score (nSPS) is 21.2. The number of hydrogen-bond acceptors (Lipinski definition) is 7. The first-order chi connectivity index (χ1) is 26.0. The van der Waals surface area contributed by atoms with Gasteiger partial charge in [0.2, 0.25) is 6.04 Å². The number of sulfonamides is 1. The van der Waals surface area contributed by atoms with Gasteiger partial charge in [-0.2, -0.15) is 22.0 Å². The SMILES string of the molecule is NC1CC2CCC(C1)N2C(=O)[C@@H](N(OC(=O)C(F)(F)F)S(=O)(=O)c1ccc2cc(OC3CCCC3)ccc2c1)C(F)(F)c1ccc(-c2ccc(Cl)cc2)cc1. The van der Waals surface area contributed by atoms with Gasteiger partial charge >= 0.3 is 18.1 Å². The second-order valence-corrected chi connectivity index (χ2v) is 16.5. The fraction of sp³-hybridized carbons (Fsp3) is 0.385. The summed E-state index contributed by atoms with van der Waals surface area (Å²) in [5.41, 5.74) is 6.27. The molecular formula is C39H37ClF5N3O6S. The number of carbonyl (C=O) groups excluding carboxylic acids is 2. The van der Waals surface area contributed by atoms with Gasteiger partial charge in [0.1, 0.15) is 5.75 Å². The van der Waals surface area contributed by atoms with Crippen LogP contribution < -0.4 is 10.5 Å². The first kappa shape index (κ1) is 38.9. The number of fused-ring (bicyclic) bond motifs is 3. The number of hydrogen-bond donors (Lipinski definition) is 1. The van der Waals surface area contributed by atoms with E-state index in [4.69, 9.17) is 22.1 Å². The molecule has 16 heteroatoms. The summed E-state index contributed by atoms with van der Waals surface area (Å²) in [4.78, 5) is 31.7. The van der Waals surface area contributed by atoms with Crippen molar-refractivity contribution in [2.45, 2.75) is 98.6 Å². The van der Waals surface area contributed by atoms with Crippen molar-refractivity contribution < 1.29 is 49.5 Å². The van der Waals surface area contributed by atoms with Crippen LogP contribution in [0.2, 0.25) is 5.02 Å². The Balaban J connectivity index is 1.33. The van der Waals surface area contributed by atoms with Crippen LogP contribution in [0, 0.1) is 0 Å². The van der Waals surface area contributed by atoms with Crippen molar-refractivity contribution in [1.82, 2.24) is 9.37 Å². The molecule has 3 fully saturated rings. The van der Waals surface area contributed by atoms with E-state index in [1.165, 1.54) is 24.3 Å². The minimum Gasteiger partial charge on any atom is -0.490 e. The maximum atomic E-state index is 17.2. The molecule has 9 nitrogen and oxygen atoms in total. The Labute approximate surface area is 319 Å². The van der Waals surface area contributed by atoms with Crippen molar-refractivity contribution in [2.75, 3.05) is 0 Å². The van der Waals surface area contributed by atoms with E-state index in [-0.39, 0.29) is 30.4 Å². The number of nitrogens with two attached hydrogens (primary N) is 1. The average Bonchev–Trinajstić information content (AvgIpc) is 3.76. The lowest BCUT2D eigenvalue weighted by atomic mass is 9.94. The molecular weight excluding hydrogens is 769 g/mol. The molecule has 1 saturated carbocycles. The zero-order chi connectivity index (χ0) is 39.3. The van der Waals surface area contributed by atoms with Crippen LogP contribution in [0.15, 0.2) is 89.8 Å². The number of piperidine rings is 1. The molecule has 2 unspecified atom stereocenters. The van der Waals surface area contributed by atoms with Crippen LogP contribution in [-0.4, -0.2) is 66.1 Å². The maximum absolute atomic E-state index is 17.2. The molecule has 0 spiro atoms. The van der Waals surface area contributed by atoms with E-state index >= 15 is 8.78 Å². The summed E-state index contributed by atoms with van der Waals surface area (Å²) < 4.78 is 110. The standard InChI is InChI=1S/C39H37ClF5N3O6S/c40-28-13-7-24(8-14-28)23-5-11-27(12-6-23)38(41,42)35(36(49)47-30-15-16-31(47)22-29(46)21-30)48(54-37(50)39(43,44)45)55(51,52)34-18-10-25-19-33(17-9-26(25)20-34)53-32-3-1-2-4-32/h5-14,17-20,29-32,35H,1-4,15-16,21-22,46H2/t29?,30?,31?,35-/m1/s1. The molecule has 0 aromatic heterocycles. The van der Waals surface area contributed by atoms with Crippen LogP contribution in [0.25, 0.3) is 21.9 Å². The van der Waals surface area contributed by atoms with Crippen LogP contribution >= 0.6 is 11.6 Å². The Morgan fingerprint density at radius 2 is 1.36 bits per heavy atom. The molecule has 292 valence electrons. The molecule has 1 aliphatic carbocycles. The van der Waals surface area contributed by atoms with Gasteiger partial charge < -0.3 is 20.2 Å². The van der Waals surface area contributed by atoms with Crippen LogP contribution in [0.4, 0.5) is 22.0 Å². The number of carbonyl (C=O) groups is 2. The van der Waals surface area contributed by atoms with E-state index in [0.717, 1.165) is 54.8 Å². The Bertz CT molecular complexity index is 2170. The van der Waals surface area contributed by atoms with Gasteiger partial charge in [-0.25, -0.2) is 13.2 Å². The molecule has 2 bridgehead atoms. The highest BCUT2D eigenvalue weighted by Gasteiger charge is 2.60. The molecule has 7 rings (SSSR count). The summed E-state index contributed by atoms with van der Waals surface area (Å²) in [5, 5.41) is 1.17. The summed E-state index contributed by atoms with van der Waals surface area (Å²) in [6.07, 6.45) is -0.899. The fourth-order valence-electron chi connectivity index (χ4n) is 7.90. The molecule has 2 heterocycles. The molecule has 4 aromatic carbocycles. The predicted molar refractivity (Wildman–Crippen MR) is 193 cm³/mol. The Morgan fingerprint density at radius 3 is 1.96 bits per heavy atom. The van der Waals surface area contributed by atoms with E-state index in [1.807, 2.05) is 0 Å². The largest absolute Gasteiger partial charge is 0.492 e. The maximum Gasteiger partial charge on any atom is 0.492 e. The quantitative estimate of drug-likeness (QED) is 0.127. The van der Waals surface area contributed by atoms with Gasteiger partial charge in [0.05, 0.1) is 11.0 Å². The smallest absolute Gasteiger partial charge is 0.490 e. The van der Waals surface area contributed by atoms with Gasteiger partial charge in [-0.05, 0) is 114 Å². The number of alkyl halides is 5. The van der Waals surface area contributed by atoms with Crippen LogP contribution in [0.3, 0.4) is 0 Å². The van der Waals surface area contributed by atoms with Crippen molar-refractivity contribution in [3.63, 3.8) is 0 Å². The van der Waals surface area contributed by atoms with Crippen molar-refractivity contribution in [2.24, 2.45) is 5.73 Å². The van der Waals surface area contributed by atoms with Gasteiger partial charge in [-0.15, -0.1) is 0 Å². The molecule has 2 N–H and O–H groups in total. The van der Waals surface area contributed by atoms with Gasteiger partial charge in [-0.1, -0.05) is 60.1 Å². The van der Waals surface area contributed by atoms with Crippen molar-refractivity contribution in [3.05, 3.63) is 95.5 Å². The lowest BCUT2D eigenvalue weighted by Gasteiger charge is -2.42. The molecule has 3 atom stereocenters. The highest BCUT2D eigenvalue weighted by molar-refractivity contribution is 7.89. The van der Waals surface area contributed by atoms with E-state index in [2.05, 4.69) is 4.84 Å². The second-order valence-electron chi connectivity index (χ2n) is 14.3. The molecule has 2 saturated heterocycles. The number of hydroxylamine groups is 1. The zero-order valence-corrected chi connectivity index (χ0v) is 30.8. The predicted octanol–water partition coefficient (Wildman–Crippen LogP) is 8.13. The lowest BCUT2D eigenvalue weighted by molar-refractivity contribution is -0.240. The number of rotatable bonds is 10. The Morgan fingerprint density at radius 1 is 0.800 bits per heavy atom. The highest BCUT2D eigenvalue weighted by Crippen LogP contribution is 2.44. The number of halogens is 6. The van der Waals surface area contributed by atoms with Crippen molar-refractivity contribution in [1.29, 1.82) is 0 Å². The van der Waals surface area contributed by atoms with E-state index in [1.54, 1.807) is 36.4 Å². The third-order valence-electron chi connectivity index (χ3n) is 10.6. The lowest BCUT2D eigenvalue weighted by Crippen LogP contribution is -2.62. The molecule has 0 radical (unpaired) electrons. The highest BCUT2D eigenvalue weighted by atomic mass is 35.5. The Kier molecular flexibility index (Phi) is 10.6. The summed E-state index contributed by atoms with van der Waals surface area (Å²) >= 11 is 5.98. The summed E-state index contributed by atoms with van der Waals surface area (Å²) in [6, 6.07) is 13.9. The van der Waals surface area contributed by atoms with Gasteiger partial charge in [0, 0.05) is 28.7 Å². The van der Waals surface area contributed by atoms with Gasteiger partial charge in [0.15, 0.2) is 0 Å². The number of nitrogens with zero attached hydrogens (tertiary/aromatic N) is 2. The topological polar surface area (TPSA) is 119 Å². The summed E-state index contributed by atoms with van der Waals surface area (Å²) in [7, 11) is -5.64. The van der Waals surface area contributed by atoms with E-state index in [0.29, 0.717) is 40.1 Å². The monoisotopic (exact) mass is 805 g/mol. The Hall–Kier alpha value is -4.31. The third kappa shape index (κ3) is 7.89. The fourth-order valence-corrected chi connectivity index (χ4v) is 9.41. The summed E-state index contributed by atoms with van der Waals surface area (Å²) in [6.45, 7) is 0. The average molecular weight is 806 g/mol. The van der Waals surface area contributed by atoms with Crippen LogP contribution in [0.1, 0.15) is 56.9 Å². The number of benzene rings is 4. The number of amides is 1. The molecule has 4 aromatic rings. The van der Waals surface area contributed by atoms with Gasteiger partial charge in [0.25, 0.3) is 15.9 Å². The van der Waals surface area contributed by atoms with Gasteiger partial charge in [-0.3, -0.25) is 4.79 Å². The first-order valence-electron chi connectivity index (χ1n) is 17.9. The van der Waals surface area contributed by atoms with Crippen molar-refractivity contribution >= 4 is 44.3 Å².